The first-order valence-electron chi connectivity index (χ1n) is 5.86. The molecule has 0 radical (unpaired) electrons. The maximum Gasteiger partial charge on any atom is 0.329 e. The van der Waals surface area contributed by atoms with Gasteiger partial charge in [0.05, 0.1) is 6.61 Å². The van der Waals surface area contributed by atoms with E-state index in [2.05, 4.69) is 10.1 Å². The molecular formula is C11H18N2O5. The monoisotopic (exact) mass is 258 g/mol. The standard InChI is InChI=1S/C11H18N2O5/c1-3-18-8(14)7-12-10(17)13-6-4-5-11(13,2)9(15)16/h3-7H2,1-2H3,(H,12,17)(H,15,16). The lowest BCUT2D eigenvalue weighted by atomic mass is 10.00. The van der Waals surface area contributed by atoms with Gasteiger partial charge in [-0.1, -0.05) is 0 Å². The lowest BCUT2D eigenvalue weighted by Crippen LogP contribution is -2.54. The second-order valence-corrected chi connectivity index (χ2v) is 4.30. The highest BCUT2D eigenvalue weighted by molar-refractivity contribution is 5.88. The van der Waals surface area contributed by atoms with Crippen LogP contribution in [0.1, 0.15) is 26.7 Å². The molecule has 0 aromatic rings. The van der Waals surface area contributed by atoms with Crippen molar-refractivity contribution in [2.45, 2.75) is 32.2 Å². The second-order valence-electron chi connectivity index (χ2n) is 4.30. The molecule has 7 heteroatoms. The molecule has 1 rings (SSSR count). The summed E-state index contributed by atoms with van der Waals surface area (Å²) < 4.78 is 4.67. The van der Waals surface area contributed by atoms with E-state index in [4.69, 9.17) is 5.11 Å². The van der Waals surface area contributed by atoms with Crippen molar-refractivity contribution in [3.8, 4) is 0 Å². The minimum absolute atomic E-state index is 0.241. The number of likely N-dealkylation sites (tertiary alicyclic amines) is 1. The van der Waals surface area contributed by atoms with Gasteiger partial charge >= 0.3 is 18.0 Å². The summed E-state index contributed by atoms with van der Waals surface area (Å²) in [5, 5.41) is 11.5. The number of rotatable bonds is 4. The fourth-order valence-electron chi connectivity index (χ4n) is 1.97. The van der Waals surface area contributed by atoms with Crippen LogP contribution in [0.15, 0.2) is 0 Å². The Bertz CT molecular complexity index is 357. The number of esters is 1. The molecule has 1 fully saturated rings. The molecule has 7 nitrogen and oxygen atoms in total. The van der Waals surface area contributed by atoms with Crippen molar-refractivity contribution in [1.29, 1.82) is 0 Å². The Labute approximate surface area is 105 Å². The molecule has 2 N–H and O–H groups in total. The lowest BCUT2D eigenvalue weighted by molar-refractivity contribution is -0.147. The third-order valence-corrected chi connectivity index (χ3v) is 3.04. The van der Waals surface area contributed by atoms with Crippen LogP contribution in [0, 0.1) is 0 Å². The summed E-state index contributed by atoms with van der Waals surface area (Å²) in [7, 11) is 0. The third-order valence-electron chi connectivity index (χ3n) is 3.04. The average Bonchev–Trinajstić information content (AvgIpc) is 2.70. The smallest absolute Gasteiger partial charge is 0.329 e. The number of ether oxygens (including phenoxy) is 1. The first kappa shape index (κ1) is 14.3. The number of nitrogens with one attached hydrogen (secondary N) is 1. The number of urea groups is 1. The third kappa shape index (κ3) is 2.91. The van der Waals surface area contributed by atoms with Gasteiger partial charge in [-0.15, -0.1) is 0 Å². The van der Waals surface area contributed by atoms with Crippen LogP contribution >= 0.6 is 0 Å². The van der Waals surface area contributed by atoms with E-state index in [0.717, 1.165) is 0 Å². The summed E-state index contributed by atoms with van der Waals surface area (Å²) in [6.45, 7) is 3.54. The maximum absolute atomic E-state index is 11.8. The molecule has 102 valence electrons. The van der Waals surface area contributed by atoms with E-state index in [-0.39, 0.29) is 13.2 Å². The highest BCUT2D eigenvalue weighted by Gasteiger charge is 2.45. The van der Waals surface area contributed by atoms with Crippen LogP contribution < -0.4 is 5.32 Å². The number of nitrogens with zero attached hydrogens (tertiary/aromatic N) is 1. The zero-order chi connectivity index (χ0) is 13.8. The van der Waals surface area contributed by atoms with Gasteiger partial charge in [0.2, 0.25) is 0 Å². The Morgan fingerprint density at radius 2 is 2.11 bits per heavy atom. The van der Waals surface area contributed by atoms with E-state index in [1.807, 2.05) is 0 Å². The molecule has 18 heavy (non-hydrogen) atoms. The van der Waals surface area contributed by atoms with Gasteiger partial charge in [-0.2, -0.15) is 0 Å². The second kappa shape index (κ2) is 5.70. The lowest BCUT2D eigenvalue weighted by Gasteiger charge is -2.31. The SMILES string of the molecule is CCOC(=O)CNC(=O)N1CCCC1(C)C(=O)O. The van der Waals surface area contributed by atoms with Gasteiger partial charge in [-0.05, 0) is 26.7 Å². The Kier molecular flexibility index (Phi) is 4.52. The number of hydrogen-bond acceptors (Lipinski definition) is 4. The summed E-state index contributed by atoms with van der Waals surface area (Å²) in [6, 6.07) is -0.551. The Balaban J connectivity index is 2.56. The molecule has 1 atom stereocenters. The summed E-state index contributed by atoms with van der Waals surface area (Å²) in [5.74, 6) is -1.58. The number of carbonyl (C=O) groups is 3. The molecule has 1 unspecified atom stereocenters. The van der Waals surface area contributed by atoms with E-state index in [0.29, 0.717) is 19.4 Å². The Morgan fingerprint density at radius 1 is 1.44 bits per heavy atom. The minimum Gasteiger partial charge on any atom is -0.480 e. The Hall–Kier alpha value is -1.79. The fourth-order valence-corrected chi connectivity index (χ4v) is 1.97. The van der Waals surface area contributed by atoms with Crippen LogP contribution in [-0.2, 0) is 14.3 Å². The number of amides is 2. The summed E-state index contributed by atoms with van der Waals surface area (Å²) >= 11 is 0. The van der Waals surface area contributed by atoms with Crippen LogP contribution in [-0.4, -0.2) is 53.2 Å². The van der Waals surface area contributed by atoms with Crippen LogP contribution in [0.5, 0.6) is 0 Å². The van der Waals surface area contributed by atoms with Gasteiger partial charge in [0.25, 0.3) is 0 Å². The van der Waals surface area contributed by atoms with E-state index < -0.39 is 23.5 Å². The van der Waals surface area contributed by atoms with Gasteiger partial charge in [0.15, 0.2) is 0 Å². The predicted molar refractivity (Wildman–Crippen MR) is 62.0 cm³/mol. The highest BCUT2D eigenvalue weighted by atomic mass is 16.5. The van der Waals surface area contributed by atoms with Gasteiger partial charge in [0, 0.05) is 6.54 Å². The molecule has 1 aliphatic heterocycles. The highest BCUT2D eigenvalue weighted by Crippen LogP contribution is 2.28. The molecular weight excluding hydrogens is 240 g/mol. The molecule has 1 heterocycles. The van der Waals surface area contributed by atoms with Crippen molar-refractivity contribution in [2.24, 2.45) is 0 Å². The topological polar surface area (TPSA) is 95.9 Å². The number of carboxylic acids is 1. The summed E-state index contributed by atoms with van der Waals surface area (Å²) in [5.41, 5.74) is -1.20. The number of carbonyl (C=O) groups excluding carboxylic acids is 2. The van der Waals surface area contributed by atoms with Gasteiger partial charge in [-0.25, -0.2) is 9.59 Å². The quantitative estimate of drug-likeness (QED) is 0.702. The molecule has 1 aliphatic rings. The van der Waals surface area contributed by atoms with Crippen LogP contribution in [0.2, 0.25) is 0 Å². The predicted octanol–water partition coefficient (Wildman–Crippen LogP) is 0.198. The van der Waals surface area contributed by atoms with E-state index in [1.165, 1.54) is 11.8 Å². The first-order valence-corrected chi connectivity index (χ1v) is 5.86. The summed E-state index contributed by atoms with van der Waals surface area (Å²) in [4.78, 5) is 35.3. The Morgan fingerprint density at radius 3 is 2.67 bits per heavy atom. The minimum atomic E-state index is -1.20. The number of aliphatic carboxylic acids is 1. The zero-order valence-corrected chi connectivity index (χ0v) is 10.6. The molecule has 0 spiro atoms. The van der Waals surface area contributed by atoms with Crippen molar-refractivity contribution >= 4 is 18.0 Å². The van der Waals surface area contributed by atoms with Crippen molar-refractivity contribution in [1.82, 2.24) is 10.2 Å². The number of carboxylic acid groups (broad SMARTS) is 1. The van der Waals surface area contributed by atoms with Crippen molar-refractivity contribution < 1.29 is 24.2 Å². The van der Waals surface area contributed by atoms with Gasteiger partial charge in [0.1, 0.15) is 12.1 Å². The molecule has 1 saturated heterocycles. The van der Waals surface area contributed by atoms with E-state index in [1.54, 1.807) is 6.92 Å². The van der Waals surface area contributed by atoms with Crippen LogP contribution in [0.4, 0.5) is 4.79 Å². The van der Waals surface area contributed by atoms with Crippen LogP contribution in [0.3, 0.4) is 0 Å². The molecule has 0 saturated carbocycles. The first-order chi connectivity index (χ1) is 8.41. The van der Waals surface area contributed by atoms with Gasteiger partial charge in [-0.3, -0.25) is 4.79 Å². The normalized spacial score (nSPS) is 22.7. The number of hydrogen-bond donors (Lipinski definition) is 2. The van der Waals surface area contributed by atoms with Crippen molar-refractivity contribution in [3.63, 3.8) is 0 Å². The van der Waals surface area contributed by atoms with E-state index >= 15 is 0 Å². The summed E-state index contributed by atoms with van der Waals surface area (Å²) in [6.07, 6.45) is 1.05. The molecule has 0 bridgehead atoms. The largest absolute Gasteiger partial charge is 0.480 e. The fraction of sp³-hybridized carbons (Fsp3) is 0.727. The molecule has 2 amide bonds. The maximum atomic E-state index is 11.8. The zero-order valence-electron chi connectivity index (χ0n) is 10.6. The molecule has 0 aromatic carbocycles. The van der Waals surface area contributed by atoms with Crippen molar-refractivity contribution in [2.75, 3.05) is 19.7 Å². The molecule has 0 aromatic heterocycles. The molecule has 0 aliphatic carbocycles. The van der Waals surface area contributed by atoms with E-state index in [9.17, 15) is 14.4 Å². The average molecular weight is 258 g/mol. The van der Waals surface area contributed by atoms with Crippen LogP contribution in [0.25, 0.3) is 0 Å². The van der Waals surface area contributed by atoms with Crippen molar-refractivity contribution in [3.05, 3.63) is 0 Å². The van der Waals surface area contributed by atoms with Gasteiger partial charge < -0.3 is 20.1 Å².